The van der Waals surface area contributed by atoms with E-state index >= 15 is 0 Å². The first-order chi connectivity index (χ1) is 15.4. The summed E-state index contributed by atoms with van der Waals surface area (Å²) in [7, 11) is 7.47. The van der Waals surface area contributed by atoms with Gasteiger partial charge in [0, 0.05) is 95.7 Å². The van der Waals surface area contributed by atoms with Crippen LogP contribution in [0.5, 0.6) is 0 Å². The number of hydrogen-bond donors (Lipinski definition) is 1. The maximum Gasteiger partial charge on any atom is 0.141 e. The van der Waals surface area contributed by atoms with Crippen molar-refractivity contribution < 1.29 is 33.8 Å². The maximum atomic E-state index is 8.49. The van der Waals surface area contributed by atoms with Crippen LogP contribution in [0.3, 0.4) is 0 Å². The topological polar surface area (TPSA) is 106 Å². The number of nitrogens with zero attached hydrogens (tertiary/aromatic N) is 3. The fourth-order valence-electron chi connectivity index (χ4n) is 3.28. The van der Waals surface area contributed by atoms with Crippen LogP contribution in [-0.4, -0.2) is 42.3 Å². The van der Waals surface area contributed by atoms with Crippen molar-refractivity contribution in [2.45, 2.75) is 0 Å². The van der Waals surface area contributed by atoms with Crippen LogP contribution in [-0.2, 0) is 0 Å². The second-order valence-electron chi connectivity index (χ2n) is 8.08. The molecule has 9 heteroatoms. The van der Waals surface area contributed by atoms with Gasteiger partial charge in [-0.2, -0.15) is 0 Å². The molecule has 0 aromatic heterocycles. The molecule has 3 aromatic rings. The van der Waals surface area contributed by atoms with Crippen LogP contribution < -0.4 is 38.2 Å². The zero-order valence-corrected chi connectivity index (χ0v) is 20.5. The van der Waals surface area contributed by atoms with E-state index in [1.54, 1.807) is 0 Å². The van der Waals surface area contributed by atoms with Crippen molar-refractivity contribution in [3.63, 3.8) is 0 Å². The van der Waals surface area contributed by atoms with Crippen molar-refractivity contribution in [1.29, 1.82) is 0 Å². The van der Waals surface area contributed by atoms with E-state index in [4.69, 9.17) is 18.6 Å². The van der Waals surface area contributed by atoms with Crippen LogP contribution >= 0.6 is 0 Å². The second kappa shape index (κ2) is 11.3. The van der Waals surface area contributed by atoms with E-state index in [-0.39, 0.29) is 0 Å². The minimum atomic E-state index is -4.94. The third-order valence-electron chi connectivity index (χ3n) is 5.02. The van der Waals surface area contributed by atoms with E-state index in [0.717, 1.165) is 0 Å². The van der Waals surface area contributed by atoms with Crippen LogP contribution in [0.15, 0.2) is 72.8 Å². The first kappa shape index (κ1) is 26.4. The van der Waals surface area contributed by atoms with Gasteiger partial charge in [0.05, 0.1) is 0 Å². The van der Waals surface area contributed by atoms with Crippen molar-refractivity contribution in [2.75, 3.05) is 57.0 Å². The fourth-order valence-corrected chi connectivity index (χ4v) is 3.28. The maximum absolute atomic E-state index is 8.49. The van der Waals surface area contributed by atoms with Gasteiger partial charge in [-0.15, -0.1) is 10.2 Å². The number of nitrogens with one attached hydrogen (secondary N) is 1. The summed E-state index contributed by atoms with van der Waals surface area (Å²) in [6.07, 6.45) is 0. The Morgan fingerprint density at radius 1 is 0.455 bits per heavy atom. The molecule has 0 atom stereocenters. The van der Waals surface area contributed by atoms with Gasteiger partial charge in [-0.25, -0.2) is 23.5 Å². The summed E-state index contributed by atoms with van der Waals surface area (Å²) in [5, 5.41) is 0. The quantitative estimate of drug-likeness (QED) is 0.504. The molecule has 0 fully saturated rings. The third-order valence-corrected chi connectivity index (χ3v) is 5.02. The highest BCUT2D eigenvalue weighted by Crippen LogP contribution is 2.22. The number of hydrogen-bond acceptors (Lipinski definition) is 7. The Hall–Kier alpha value is -2.85. The molecule has 3 aromatic carbocycles. The molecule has 0 saturated carbocycles. The number of rotatable bonds is 6. The lowest BCUT2D eigenvalue weighted by Gasteiger charge is -2.21. The predicted octanol–water partition coefficient (Wildman–Crippen LogP) is -0.692. The molecule has 1 N–H and O–H groups in total. The molecule has 0 radical (unpaired) electrons. The predicted molar refractivity (Wildman–Crippen MR) is 122 cm³/mol. The summed E-state index contributed by atoms with van der Waals surface area (Å²) < 4.78 is 34.0. The molecule has 0 aliphatic carbocycles. The van der Waals surface area contributed by atoms with Gasteiger partial charge in [-0.3, -0.25) is 0 Å². The minimum absolute atomic E-state index is 1.20. The van der Waals surface area contributed by atoms with Crippen LogP contribution in [0.1, 0.15) is 0 Å². The Bertz CT molecular complexity index is 859. The number of halogens is 1. The van der Waals surface area contributed by atoms with E-state index in [0.29, 0.717) is 0 Å². The average Bonchev–Trinajstić information content (AvgIpc) is 2.74. The first-order valence-electron chi connectivity index (χ1n) is 10.2. The van der Waals surface area contributed by atoms with Crippen LogP contribution in [0.2, 0.25) is 0 Å². The van der Waals surface area contributed by atoms with Gasteiger partial charge in [0.15, 0.2) is 0 Å². The smallest absolute Gasteiger partial charge is 0.141 e. The summed E-state index contributed by atoms with van der Waals surface area (Å²) in [5.74, 6) is 0. The van der Waals surface area contributed by atoms with Gasteiger partial charge in [-0.1, -0.05) is 0 Å². The zero-order valence-electron chi connectivity index (χ0n) is 19.8. The summed E-state index contributed by atoms with van der Waals surface area (Å²) in [6.45, 7) is 0. The molecule has 0 saturated heterocycles. The van der Waals surface area contributed by atoms with Gasteiger partial charge >= 0.3 is 0 Å². The van der Waals surface area contributed by atoms with Gasteiger partial charge in [0.1, 0.15) is 17.1 Å². The molecule has 0 unspecified atom stereocenters. The lowest BCUT2D eigenvalue weighted by atomic mass is 10.1. The van der Waals surface area contributed by atoms with Crippen molar-refractivity contribution in [1.82, 2.24) is 0 Å². The Labute approximate surface area is 197 Å². The molecule has 0 aliphatic rings. The Balaban J connectivity index is 0.000000696. The van der Waals surface area contributed by atoms with Crippen molar-refractivity contribution in [2.24, 2.45) is 0 Å². The summed E-state index contributed by atoms with van der Waals surface area (Å²) in [4.78, 5) is 7.63. The molecular weight excluding hydrogens is 444 g/mol. The molecule has 0 aliphatic heterocycles. The molecule has 178 valence electrons. The molecule has 0 bridgehead atoms. The van der Waals surface area contributed by atoms with Crippen LogP contribution in [0.4, 0.5) is 34.1 Å². The molecule has 8 nitrogen and oxygen atoms in total. The van der Waals surface area contributed by atoms with Crippen LogP contribution in [0, 0.1) is 10.2 Å². The highest BCUT2D eigenvalue weighted by atomic mass is 35.7. The van der Waals surface area contributed by atoms with Crippen LogP contribution in [0.25, 0.3) is 0 Å². The molecule has 33 heavy (non-hydrogen) atoms. The van der Waals surface area contributed by atoms with E-state index in [2.05, 4.69) is 130 Å². The summed E-state index contributed by atoms with van der Waals surface area (Å²) in [5.41, 5.74) is 7.28. The lowest BCUT2D eigenvalue weighted by Crippen LogP contribution is -2.96. The second-order valence-corrected chi connectivity index (χ2v) is 8.83. The standard InChI is InChI=1S/C24H30N4.ClHO4/c1-25(2)19-7-13-22(14-8-19)28(23-15-9-20(10-16-23)26(3)4)24-17-11-21(12-18-24)27(5)6;2-1(3,4)5/h7-18H,1-6H3;(H,2,3,4,5). The largest absolute Gasteiger partial charge is 0.378 e. The fraction of sp³-hybridized carbons (Fsp3) is 0.250. The average molecular weight is 475 g/mol. The highest BCUT2D eigenvalue weighted by Gasteiger charge is 2.19. The Kier molecular flexibility index (Phi) is 9.07. The molecule has 0 amide bonds. The van der Waals surface area contributed by atoms with E-state index in [1.807, 2.05) is 0 Å². The number of anilines is 3. The minimum Gasteiger partial charge on any atom is -0.378 e. The molecule has 0 spiro atoms. The molecule has 3 rings (SSSR count). The van der Waals surface area contributed by atoms with Crippen molar-refractivity contribution in [3.05, 3.63) is 72.8 Å². The van der Waals surface area contributed by atoms with Crippen molar-refractivity contribution >= 4 is 34.1 Å². The molecular formula is C24H31ClN4O4. The monoisotopic (exact) mass is 474 g/mol. The summed E-state index contributed by atoms with van der Waals surface area (Å²) in [6, 6.07) is 26.3. The first-order valence-corrected chi connectivity index (χ1v) is 11.4. The lowest BCUT2D eigenvalue weighted by molar-refractivity contribution is -2.00. The van der Waals surface area contributed by atoms with Gasteiger partial charge in [0.2, 0.25) is 0 Å². The van der Waals surface area contributed by atoms with E-state index < -0.39 is 10.2 Å². The Morgan fingerprint density at radius 2 is 0.636 bits per heavy atom. The number of benzene rings is 3. The number of quaternary nitrogens is 1. The van der Waals surface area contributed by atoms with Crippen molar-refractivity contribution in [3.8, 4) is 0 Å². The Morgan fingerprint density at radius 3 is 0.788 bits per heavy atom. The van der Waals surface area contributed by atoms with Gasteiger partial charge in [0.25, 0.3) is 0 Å². The van der Waals surface area contributed by atoms with Gasteiger partial charge < -0.3 is 14.7 Å². The van der Waals surface area contributed by atoms with E-state index in [9.17, 15) is 0 Å². The normalized spacial score (nSPS) is 11.0. The highest BCUT2D eigenvalue weighted by molar-refractivity contribution is 5.57. The van der Waals surface area contributed by atoms with E-state index in [1.165, 1.54) is 39.0 Å². The summed E-state index contributed by atoms with van der Waals surface area (Å²) >= 11 is 0. The SMILES string of the molecule is CN(C)c1ccc([NH+](c2ccc(N(C)C)cc2)c2ccc(N(C)C)cc2)cc1.[O-][Cl+3]([O-])([O-])[O-]. The van der Waals surface area contributed by atoms with Gasteiger partial charge in [-0.05, 0) is 36.4 Å². The molecule has 0 heterocycles. The third kappa shape index (κ3) is 8.21. The zero-order chi connectivity index (χ0) is 24.8.